The van der Waals surface area contributed by atoms with Crippen molar-refractivity contribution in [1.82, 2.24) is 0 Å². The molecule has 0 N–H and O–H groups in total. The summed E-state index contributed by atoms with van der Waals surface area (Å²) in [5.41, 5.74) is 11.3. The summed E-state index contributed by atoms with van der Waals surface area (Å²) in [5.74, 6) is 0. The van der Waals surface area contributed by atoms with E-state index in [1.54, 1.807) is 0 Å². The first kappa shape index (κ1) is 27.3. The van der Waals surface area contributed by atoms with Crippen molar-refractivity contribution in [3.8, 4) is 44.5 Å². The van der Waals surface area contributed by atoms with Crippen molar-refractivity contribution in [2.75, 3.05) is 0 Å². The van der Waals surface area contributed by atoms with Crippen molar-refractivity contribution in [1.29, 1.82) is 0 Å². The van der Waals surface area contributed by atoms with E-state index in [0.717, 1.165) is 0 Å². The first-order chi connectivity index (χ1) is 23.2. The highest BCUT2D eigenvalue weighted by Gasteiger charge is 2.17. The Morgan fingerprint density at radius 3 is 1.26 bits per heavy atom. The molecule has 0 aliphatic carbocycles. The summed E-state index contributed by atoms with van der Waals surface area (Å²) in [6.45, 7) is 2.15. The summed E-state index contributed by atoms with van der Waals surface area (Å²) in [7, 11) is 0. The monoisotopic (exact) mass is 596 g/mol. The van der Waals surface area contributed by atoms with Gasteiger partial charge in [0.25, 0.3) is 0 Å². The zero-order chi connectivity index (χ0) is 31.3. The molecule has 0 aliphatic rings. The largest absolute Gasteiger partial charge is 0.0616 e. The summed E-state index contributed by atoms with van der Waals surface area (Å²) in [5, 5.41) is 10.2. The lowest BCUT2D eigenvalue weighted by Crippen LogP contribution is -1.91. The molecule has 0 aliphatic heterocycles. The van der Waals surface area contributed by atoms with Gasteiger partial charge < -0.3 is 0 Å². The van der Waals surface area contributed by atoms with Crippen molar-refractivity contribution in [3.63, 3.8) is 0 Å². The Morgan fingerprint density at radius 1 is 0.277 bits per heavy atom. The van der Waals surface area contributed by atoms with Crippen molar-refractivity contribution in [3.05, 3.63) is 181 Å². The normalized spacial score (nSPS) is 11.5. The van der Waals surface area contributed by atoms with Gasteiger partial charge in [-0.05, 0) is 101 Å². The van der Waals surface area contributed by atoms with Crippen LogP contribution in [0.1, 0.15) is 5.56 Å². The first-order valence-electron chi connectivity index (χ1n) is 16.4. The van der Waals surface area contributed by atoms with Gasteiger partial charge in [0.1, 0.15) is 0 Å². The molecule has 0 saturated carbocycles. The van der Waals surface area contributed by atoms with Crippen molar-refractivity contribution in [2.45, 2.75) is 6.92 Å². The lowest BCUT2D eigenvalue weighted by atomic mass is 9.85. The molecular formula is C47H32. The van der Waals surface area contributed by atoms with Crippen LogP contribution in [0.25, 0.3) is 87.6 Å². The molecular weight excluding hydrogens is 565 g/mol. The van der Waals surface area contributed by atoms with Crippen LogP contribution in [0.15, 0.2) is 176 Å². The number of hydrogen-bond acceptors (Lipinski definition) is 0. The second-order valence-corrected chi connectivity index (χ2v) is 12.6. The fourth-order valence-electron chi connectivity index (χ4n) is 7.46. The predicted octanol–water partition coefficient (Wildman–Crippen LogP) is 13.3. The van der Waals surface area contributed by atoms with Crippen LogP contribution in [0.3, 0.4) is 0 Å². The molecule has 0 saturated heterocycles. The van der Waals surface area contributed by atoms with Crippen LogP contribution in [-0.2, 0) is 0 Å². The Kier molecular flexibility index (Phi) is 6.47. The Bertz CT molecular complexity index is 2540. The number of fused-ring (bicyclic) bond motifs is 4. The van der Waals surface area contributed by atoms with Gasteiger partial charge in [0.15, 0.2) is 0 Å². The smallest absolute Gasteiger partial charge is 0.00261 e. The molecule has 0 radical (unpaired) electrons. The molecule has 0 bridgehead atoms. The van der Waals surface area contributed by atoms with Crippen molar-refractivity contribution < 1.29 is 0 Å². The molecule has 9 aromatic carbocycles. The Labute approximate surface area is 275 Å². The van der Waals surface area contributed by atoms with E-state index in [-0.39, 0.29) is 0 Å². The lowest BCUT2D eigenvalue weighted by molar-refractivity contribution is 1.47. The molecule has 0 unspecified atom stereocenters. The minimum absolute atomic E-state index is 1.22. The number of rotatable bonds is 4. The van der Waals surface area contributed by atoms with Crippen LogP contribution in [0.4, 0.5) is 0 Å². The zero-order valence-electron chi connectivity index (χ0n) is 26.2. The standard InChI is InChI=1S/C47H32/c1-31-20-22-36(23-21-31)46-41-14-4-6-16-43(41)47(44-17-7-5-15-42(44)46)37-29-28-33-12-9-19-40(45(33)30-37)35-26-24-34(25-27-35)39-18-8-11-32-10-2-3-13-38(32)39/h2-30H,1H3. The molecule has 220 valence electrons. The number of hydrogen-bond donors (Lipinski definition) is 0. The minimum Gasteiger partial charge on any atom is -0.0616 e. The van der Waals surface area contributed by atoms with Crippen LogP contribution in [0, 0.1) is 6.92 Å². The van der Waals surface area contributed by atoms with E-state index in [9.17, 15) is 0 Å². The molecule has 0 nitrogen and oxygen atoms in total. The summed E-state index contributed by atoms with van der Waals surface area (Å²) < 4.78 is 0. The molecule has 9 rings (SSSR count). The highest BCUT2D eigenvalue weighted by molar-refractivity contribution is 6.22. The highest BCUT2D eigenvalue weighted by Crippen LogP contribution is 2.44. The number of aryl methyl sites for hydroxylation is 1. The molecule has 0 spiro atoms. The van der Waals surface area contributed by atoms with E-state index in [1.165, 1.54) is 93.2 Å². The Hall–Kier alpha value is -5.98. The Morgan fingerprint density at radius 2 is 0.681 bits per heavy atom. The minimum atomic E-state index is 1.22. The van der Waals surface area contributed by atoms with E-state index in [2.05, 4.69) is 183 Å². The van der Waals surface area contributed by atoms with Gasteiger partial charge >= 0.3 is 0 Å². The third kappa shape index (κ3) is 4.61. The summed E-state index contributed by atoms with van der Waals surface area (Å²) in [6.07, 6.45) is 0. The van der Waals surface area contributed by atoms with E-state index >= 15 is 0 Å². The van der Waals surface area contributed by atoms with Gasteiger partial charge in [-0.25, -0.2) is 0 Å². The van der Waals surface area contributed by atoms with Gasteiger partial charge in [-0.3, -0.25) is 0 Å². The zero-order valence-corrected chi connectivity index (χ0v) is 26.2. The van der Waals surface area contributed by atoms with Gasteiger partial charge in [-0.2, -0.15) is 0 Å². The summed E-state index contributed by atoms with van der Waals surface area (Å²) in [4.78, 5) is 0. The van der Waals surface area contributed by atoms with Crippen LogP contribution in [0.2, 0.25) is 0 Å². The SMILES string of the molecule is Cc1ccc(-c2c3ccccc3c(-c3ccc4cccc(-c5ccc(-c6cccc7ccccc67)cc5)c4c3)c3ccccc23)cc1. The second kappa shape index (κ2) is 11.1. The number of benzene rings is 9. The fourth-order valence-corrected chi connectivity index (χ4v) is 7.46. The summed E-state index contributed by atoms with van der Waals surface area (Å²) in [6, 6.07) is 64.7. The van der Waals surface area contributed by atoms with E-state index < -0.39 is 0 Å². The molecule has 0 heteroatoms. The van der Waals surface area contributed by atoms with Crippen molar-refractivity contribution >= 4 is 43.1 Å². The molecule has 0 aromatic heterocycles. The van der Waals surface area contributed by atoms with E-state index in [4.69, 9.17) is 0 Å². The maximum atomic E-state index is 2.41. The van der Waals surface area contributed by atoms with Crippen molar-refractivity contribution in [2.24, 2.45) is 0 Å². The van der Waals surface area contributed by atoms with E-state index in [0.29, 0.717) is 0 Å². The third-order valence-electron chi connectivity index (χ3n) is 9.74. The maximum Gasteiger partial charge on any atom is -0.00261 e. The Balaban J connectivity index is 1.23. The van der Waals surface area contributed by atoms with Gasteiger partial charge in [0.05, 0.1) is 0 Å². The fraction of sp³-hybridized carbons (Fsp3) is 0.0213. The molecule has 0 heterocycles. The van der Waals surface area contributed by atoms with Crippen LogP contribution < -0.4 is 0 Å². The highest BCUT2D eigenvalue weighted by atomic mass is 14.2. The van der Waals surface area contributed by atoms with Crippen LogP contribution >= 0.6 is 0 Å². The lowest BCUT2D eigenvalue weighted by Gasteiger charge is -2.18. The maximum absolute atomic E-state index is 2.41. The molecule has 0 fully saturated rings. The first-order valence-corrected chi connectivity index (χ1v) is 16.4. The van der Waals surface area contributed by atoms with Crippen LogP contribution in [0.5, 0.6) is 0 Å². The predicted molar refractivity (Wildman–Crippen MR) is 203 cm³/mol. The molecule has 0 atom stereocenters. The summed E-state index contributed by atoms with van der Waals surface area (Å²) >= 11 is 0. The average molecular weight is 597 g/mol. The van der Waals surface area contributed by atoms with Gasteiger partial charge in [0.2, 0.25) is 0 Å². The topological polar surface area (TPSA) is 0 Å². The van der Waals surface area contributed by atoms with Gasteiger partial charge in [0, 0.05) is 0 Å². The van der Waals surface area contributed by atoms with Crippen LogP contribution in [-0.4, -0.2) is 0 Å². The molecule has 0 amide bonds. The average Bonchev–Trinajstić information content (AvgIpc) is 3.14. The third-order valence-corrected chi connectivity index (χ3v) is 9.74. The second-order valence-electron chi connectivity index (χ2n) is 12.6. The van der Waals surface area contributed by atoms with E-state index in [1.807, 2.05) is 0 Å². The molecule has 9 aromatic rings. The quantitative estimate of drug-likeness (QED) is 0.177. The molecule has 47 heavy (non-hydrogen) atoms. The van der Waals surface area contributed by atoms with Gasteiger partial charge in [-0.1, -0.05) is 175 Å². The van der Waals surface area contributed by atoms with Gasteiger partial charge in [-0.15, -0.1) is 0 Å².